The Kier molecular flexibility index (Phi) is 13.3. The first-order chi connectivity index (χ1) is 16.4. The zero-order valence-electron chi connectivity index (χ0n) is 22.3. The van der Waals surface area contributed by atoms with E-state index >= 15 is 0 Å². The Bertz CT molecular complexity index is 1020. The van der Waals surface area contributed by atoms with Crippen LogP contribution in [0.3, 0.4) is 0 Å². The van der Waals surface area contributed by atoms with Gasteiger partial charge in [-0.1, -0.05) is 139 Å². The van der Waals surface area contributed by atoms with E-state index in [0.717, 1.165) is 39.3 Å². The second-order valence-electron chi connectivity index (χ2n) is 8.41. The average molecular weight is 453 g/mol. The van der Waals surface area contributed by atoms with Crippen LogP contribution < -0.4 is 0 Å². The molecule has 3 rings (SSSR count). The van der Waals surface area contributed by atoms with Crippen molar-refractivity contribution in [2.24, 2.45) is 5.92 Å². The minimum atomic E-state index is 0.936. The number of aryl methyl sites for hydroxylation is 1. The summed E-state index contributed by atoms with van der Waals surface area (Å²) >= 11 is 0. The Morgan fingerprint density at radius 1 is 0.941 bits per heavy atom. The third-order valence-electron chi connectivity index (χ3n) is 5.80. The first-order valence-electron chi connectivity index (χ1n) is 12.6. The van der Waals surface area contributed by atoms with Crippen LogP contribution in [0.15, 0.2) is 121 Å². The van der Waals surface area contributed by atoms with Crippen molar-refractivity contribution in [2.45, 2.75) is 60.8 Å². The summed E-state index contributed by atoms with van der Waals surface area (Å²) in [4.78, 5) is 0. The van der Waals surface area contributed by atoms with Gasteiger partial charge in [0, 0.05) is 0 Å². The highest BCUT2D eigenvalue weighted by Gasteiger charge is 2.17. The van der Waals surface area contributed by atoms with Gasteiger partial charge in [0.1, 0.15) is 0 Å². The molecule has 0 aliphatic heterocycles. The number of rotatable bonds is 8. The lowest BCUT2D eigenvalue weighted by molar-refractivity contribution is 0.799. The van der Waals surface area contributed by atoms with Crippen molar-refractivity contribution in [2.75, 3.05) is 0 Å². The normalized spacial score (nSPS) is 13.6. The standard InChI is InChI=1S/C27H28.C5H10.C2H6/c1-7-23(8-2)19-18-22(6)26(20(3)4)27(24-15-10-9-11-16-24)25-17-13-12-14-21(25)5;1-2-5-3-4-5;1-2/h7-19H,1,3,6H2,2,4-5H3;5H,2-4H2,1H3;1-2H3/b19-18+,23-8+,27-26+;;. The molecule has 180 valence electrons. The van der Waals surface area contributed by atoms with Crippen LogP contribution in [0.1, 0.15) is 70.6 Å². The molecule has 1 aliphatic carbocycles. The molecule has 0 nitrogen and oxygen atoms in total. The Morgan fingerprint density at radius 3 is 1.97 bits per heavy atom. The predicted molar refractivity (Wildman–Crippen MR) is 155 cm³/mol. The maximum atomic E-state index is 4.35. The lowest BCUT2D eigenvalue weighted by Gasteiger charge is -2.19. The molecule has 0 aromatic heterocycles. The molecular formula is C34H44. The highest BCUT2D eigenvalue weighted by atomic mass is 14.2. The Hall–Kier alpha value is -3.12. The van der Waals surface area contributed by atoms with Gasteiger partial charge in [-0.15, -0.1) is 0 Å². The highest BCUT2D eigenvalue weighted by Crippen LogP contribution is 2.35. The monoisotopic (exact) mass is 452 g/mol. The van der Waals surface area contributed by atoms with Crippen molar-refractivity contribution in [3.63, 3.8) is 0 Å². The quantitative estimate of drug-likeness (QED) is 0.349. The van der Waals surface area contributed by atoms with Gasteiger partial charge >= 0.3 is 0 Å². The molecule has 0 radical (unpaired) electrons. The van der Waals surface area contributed by atoms with E-state index in [1.165, 1.54) is 30.4 Å². The van der Waals surface area contributed by atoms with E-state index in [0.29, 0.717) is 0 Å². The molecule has 1 aliphatic rings. The summed E-state index contributed by atoms with van der Waals surface area (Å²) in [5, 5.41) is 0. The van der Waals surface area contributed by atoms with Crippen molar-refractivity contribution >= 4 is 5.57 Å². The van der Waals surface area contributed by atoms with Crippen LogP contribution >= 0.6 is 0 Å². The van der Waals surface area contributed by atoms with Crippen molar-refractivity contribution in [1.82, 2.24) is 0 Å². The van der Waals surface area contributed by atoms with Crippen molar-refractivity contribution in [3.05, 3.63) is 138 Å². The molecule has 0 amide bonds. The summed E-state index contributed by atoms with van der Waals surface area (Å²) in [5.74, 6) is 1.13. The minimum absolute atomic E-state index is 0.936. The van der Waals surface area contributed by atoms with Gasteiger partial charge in [-0.3, -0.25) is 0 Å². The highest BCUT2D eigenvalue weighted by molar-refractivity contribution is 5.89. The molecule has 0 spiro atoms. The van der Waals surface area contributed by atoms with E-state index in [2.05, 4.69) is 82.1 Å². The molecule has 0 unspecified atom stereocenters. The predicted octanol–water partition coefficient (Wildman–Crippen LogP) is 10.5. The summed E-state index contributed by atoms with van der Waals surface area (Å²) in [7, 11) is 0. The Morgan fingerprint density at radius 2 is 1.53 bits per heavy atom. The summed E-state index contributed by atoms with van der Waals surface area (Å²) in [6.07, 6.45) is 12.4. The van der Waals surface area contributed by atoms with Gasteiger partial charge in [0.2, 0.25) is 0 Å². The van der Waals surface area contributed by atoms with Gasteiger partial charge in [0.15, 0.2) is 0 Å². The van der Waals surface area contributed by atoms with Crippen LogP contribution in [0.2, 0.25) is 0 Å². The van der Waals surface area contributed by atoms with Crippen LogP contribution in [0.5, 0.6) is 0 Å². The van der Waals surface area contributed by atoms with Crippen LogP contribution in [0, 0.1) is 12.8 Å². The number of allylic oxidation sites excluding steroid dienone is 8. The van der Waals surface area contributed by atoms with Gasteiger partial charge in [-0.25, -0.2) is 0 Å². The Labute approximate surface area is 209 Å². The zero-order chi connectivity index (χ0) is 25.5. The zero-order valence-corrected chi connectivity index (χ0v) is 22.3. The van der Waals surface area contributed by atoms with Crippen LogP contribution in [0.4, 0.5) is 0 Å². The molecule has 2 aromatic carbocycles. The number of hydrogen-bond donors (Lipinski definition) is 0. The lowest BCUT2D eigenvalue weighted by atomic mass is 9.85. The summed E-state index contributed by atoms with van der Waals surface area (Å²) in [6, 6.07) is 18.9. The summed E-state index contributed by atoms with van der Waals surface area (Å²) in [6.45, 7) is 24.9. The number of benzene rings is 2. The molecule has 0 bridgehead atoms. The number of hydrogen-bond acceptors (Lipinski definition) is 0. The first-order valence-corrected chi connectivity index (χ1v) is 12.6. The van der Waals surface area contributed by atoms with E-state index in [4.69, 9.17) is 0 Å². The smallest absolute Gasteiger partial charge is 0.00279 e. The van der Waals surface area contributed by atoms with Crippen molar-refractivity contribution in [1.29, 1.82) is 0 Å². The Balaban J connectivity index is 0.000000715. The van der Waals surface area contributed by atoms with Gasteiger partial charge in [-0.2, -0.15) is 0 Å². The van der Waals surface area contributed by atoms with Crippen LogP contribution in [-0.4, -0.2) is 0 Å². The van der Waals surface area contributed by atoms with Gasteiger partial charge in [0.05, 0.1) is 0 Å². The largest absolute Gasteiger partial charge is 0.0985 e. The molecule has 34 heavy (non-hydrogen) atoms. The fourth-order valence-corrected chi connectivity index (χ4v) is 3.63. The van der Waals surface area contributed by atoms with E-state index in [1.54, 1.807) is 0 Å². The van der Waals surface area contributed by atoms with E-state index in [9.17, 15) is 0 Å². The van der Waals surface area contributed by atoms with E-state index in [1.807, 2.05) is 58.1 Å². The molecule has 1 fully saturated rings. The van der Waals surface area contributed by atoms with Gasteiger partial charge in [0.25, 0.3) is 0 Å². The maximum Gasteiger partial charge on any atom is -0.00279 e. The molecule has 0 atom stereocenters. The maximum absolute atomic E-state index is 4.35. The molecule has 0 N–H and O–H groups in total. The minimum Gasteiger partial charge on any atom is -0.0985 e. The molecule has 0 heterocycles. The topological polar surface area (TPSA) is 0 Å². The second-order valence-corrected chi connectivity index (χ2v) is 8.41. The SMILES string of the molecule is C=CC(/C=C/C(=C)/C(C(=C)C)=C(\c1ccccc1)c1ccccc1C)=C\C.CC.CCC1CC1. The van der Waals surface area contributed by atoms with E-state index < -0.39 is 0 Å². The van der Waals surface area contributed by atoms with E-state index in [-0.39, 0.29) is 0 Å². The van der Waals surface area contributed by atoms with Crippen LogP contribution in [0.25, 0.3) is 5.57 Å². The molecule has 0 saturated heterocycles. The fourth-order valence-electron chi connectivity index (χ4n) is 3.63. The van der Waals surface area contributed by atoms with Crippen LogP contribution in [-0.2, 0) is 0 Å². The summed E-state index contributed by atoms with van der Waals surface area (Å²) < 4.78 is 0. The average Bonchev–Trinajstić information content (AvgIpc) is 3.70. The van der Waals surface area contributed by atoms with Gasteiger partial charge < -0.3 is 0 Å². The van der Waals surface area contributed by atoms with Gasteiger partial charge in [-0.05, 0) is 71.2 Å². The summed E-state index contributed by atoms with van der Waals surface area (Å²) in [5.41, 5.74) is 8.82. The fraction of sp³-hybridized carbons (Fsp3) is 0.294. The first kappa shape index (κ1) is 28.9. The van der Waals surface area contributed by atoms with Crippen molar-refractivity contribution in [3.8, 4) is 0 Å². The molecule has 0 heteroatoms. The molecule has 1 saturated carbocycles. The third-order valence-corrected chi connectivity index (χ3v) is 5.80. The second kappa shape index (κ2) is 15.7. The lowest BCUT2D eigenvalue weighted by Crippen LogP contribution is -1.99. The molecule has 2 aromatic rings. The van der Waals surface area contributed by atoms with Crippen molar-refractivity contribution < 1.29 is 0 Å². The molecular weight excluding hydrogens is 408 g/mol. The third kappa shape index (κ3) is 9.02.